The highest BCUT2D eigenvalue weighted by Crippen LogP contribution is 2.13. The number of rotatable bonds is 5. The van der Waals surface area contributed by atoms with Crippen molar-refractivity contribution in [3.63, 3.8) is 0 Å². The zero-order chi connectivity index (χ0) is 14.2. The van der Waals surface area contributed by atoms with Gasteiger partial charge in [-0.15, -0.1) is 6.58 Å². The Morgan fingerprint density at radius 2 is 2.30 bits per heavy atom. The zero-order valence-corrected chi connectivity index (χ0v) is 11.6. The van der Waals surface area contributed by atoms with E-state index >= 15 is 0 Å². The lowest BCUT2D eigenvalue weighted by atomic mass is 10.2. The van der Waals surface area contributed by atoms with Crippen LogP contribution in [0.1, 0.15) is 5.56 Å². The van der Waals surface area contributed by atoms with Crippen LogP contribution in [0.4, 0.5) is 5.82 Å². The maximum atomic E-state index is 5.70. The molecule has 0 amide bonds. The van der Waals surface area contributed by atoms with Gasteiger partial charge in [-0.2, -0.15) is 0 Å². The Morgan fingerprint density at radius 3 is 2.95 bits per heavy atom. The maximum absolute atomic E-state index is 5.70. The van der Waals surface area contributed by atoms with Gasteiger partial charge in [0.05, 0.1) is 19.8 Å². The number of guanidine groups is 1. The van der Waals surface area contributed by atoms with E-state index in [-0.39, 0.29) is 0 Å². The van der Waals surface area contributed by atoms with E-state index in [0.29, 0.717) is 19.0 Å². The van der Waals surface area contributed by atoms with Crippen molar-refractivity contribution in [1.82, 2.24) is 10.3 Å². The van der Waals surface area contributed by atoms with Gasteiger partial charge in [0, 0.05) is 25.8 Å². The third-order valence-electron chi connectivity index (χ3n) is 3.00. The molecule has 2 heterocycles. The minimum atomic E-state index is 0.419. The van der Waals surface area contributed by atoms with E-state index in [1.807, 2.05) is 18.3 Å². The molecule has 2 rings (SSSR count). The molecule has 6 nitrogen and oxygen atoms in total. The van der Waals surface area contributed by atoms with Crippen LogP contribution in [-0.4, -0.2) is 43.8 Å². The van der Waals surface area contributed by atoms with E-state index < -0.39 is 0 Å². The highest BCUT2D eigenvalue weighted by Gasteiger charge is 2.11. The van der Waals surface area contributed by atoms with Crippen molar-refractivity contribution in [2.75, 3.05) is 37.7 Å². The largest absolute Gasteiger partial charge is 0.378 e. The fourth-order valence-electron chi connectivity index (χ4n) is 1.90. The van der Waals surface area contributed by atoms with Crippen LogP contribution in [0, 0.1) is 0 Å². The first-order valence-electron chi connectivity index (χ1n) is 6.72. The van der Waals surface area contributed by atoms with Gasteiger partial charge in [-0.05, 0) is 11.6 Å². The number of aromatic nitrogens is 1. The molecule has 0 radical (unpaired) electrons. The van der Waals surface area contributed by atoms with E-state index in [1.54, 1.807) is 6.08 Å². The monoisotopic (exact) mass is 275 g/mol. The van der Waals surface area contributed by atoms with Gasteiger partial charge in [0.25, 0.3) is 0 Å². The number of hydrogen-bond donors (Lipinski definition) is 2. The number of aliphatic imine (C=N–C) groups is 1. The molecule has 0 unspecified atom stereocenters. The van der Waals surface area contributed by atoms with Gasteiger partial charge in [-0.1, -0.05) is 12.1 Å². The Hall–Kier alpha value is -2.08. The van der Waals surface area contributed by atoms with Crippen molar-refractivity contribution in [2.45, 2.75) is 6.54 Å². The minimum absolute atomic E-state index is 0.419. The van der Waals surface area contributed by atoms with Crippen molar-refractivity contribution >= 4 is 11.8 Å². The molecule has 0 aromatic carbocycles. The Morgan fingerprint density at radius 1 is 1.50 bits per heavy atom. The normalized spacial score (nSPS) is 16.0. The van der Waals surface area contributed by atoms with Gasteiger partial charge in [0.15, 0.2) is 5.96 Å². The highest BCUT2D eigenvalue weighted by atomic mass is 16.5. The summed E-state index contributed by atoms with van der Waals surface area (Å²) in [6, 6.07) is 4.05. The lowest BCUT2D eigenvalue weighted by molar-refractivity contribution is 0.122. The average Bonchev–Trinajstić information content (AvgIpc) is 2.52. The number of nitrogens with zero attached hydrogens (tertiary/aromatic N) is 3. The van der Waals surface area contributed by atoms with Crippen molar-refractivity contribution < 1.29 is 4.74 Å². The lowest BCUT2D eigenvalue weighted by Gasteiger charge is -2.27. The van der Waals surface area contributed by atoms with E-state index in [4.69, 9.17) is 10.5 Å². The summed E-state index contributed by atoms with van der Waals surface area (Å²) in [5.74, 6) is 1.40. The van der Waals surface area contributed by atoms with Crippen LogP contribution < -0.4 is 16.0 Å². The Bertz CT molecular complexity index is 451. The molecule has 1 aromatic heterocycles. The molecule has 1 aliphatic heterocycles. The van der Waals surface area contributed by atoms with Crippen LogP contribution in [0.2, 0.25) is 0 Å². The molecule has 0 spiro atoms. The van der Waals surface area contributed by atoms with Crippen molar-refractivity contribution in [3.8, 4) is 0 Å². The molecule has 0 bridgehead atoms. The van der Waals surface area contributed by atoms with Gasteiger partial charge in [-0.3, -0.25) is 0 Å². The first-order chi connectivity index (χ1) is 9.79. The number of nitrogens with two attached hydrogens (primary N) is 1. The molecule has 1 aliphatic rings. The fraction of sp³-hybridized carbons (Fsp3) is 0.429. The topological polar surface area (TPSA) is 75.8 Å². The fourth-order valence-corrected chi connectivity index (χ4v) is 1.90. The van der Waals surface area contributed by atoms with E-state index in [0.717, 1.165) is 37.7 Å². The number of pyridine rings is 1. The first kappa shape index (κ1) is 14.3. The molecule has 6 heteroatoms. The summed E-state index contributed by atoms with van der Waals surface area (Å²) >= 11 is 0. The Kier molecular flexibility index (Phi) is 5.37. The molecule has 0 aliphatic carbocycles. The van der Waals surface area contributed by atoms with Crippen molar-refractivity contribution in [1.29, 1.82) is 0 Å². The van der Waals surface area contributed by atoms with E-state index in [9.17, 15) is 0 Å². The Balaban J connectivity index is 1.89. The van der Waals surface area contributed by atoms with E-state index in [2.05, 4.69) is 26.8 Å². The quantitative estimate of drug-likeness (QED) is 0.465. The third-order valence-corrected chi connectivity index (χ3v) is 3.00. The molecule has 1 fully saturated rings. The number of hydrogen-bond acceptors (Lipinski definition) is 4. The SMILES string of the molecule is C=CCNC(N)=NCc1ccc(N2CCOCC2)nc1. The summed E-state index contributed by atoms with van der Waals surface area (Å²) < 4.78 is 5.33. The number of nitrogens with one attached hydrogen (secondary N) is 1. The number of ether oxygens (including phenoxy) is 1. The molecule has 0 saturated carbocycles. The molecular formula is C14H21N5O. The van der Waals surface area contributed by atoms with Crippen LogP contribution in [0.25, 0.3) is 0 Å². The second-order valence-electron chi connectivity index (χ2n) is 4.50. The van der Waals surface area contributed by atoms with Crippen LogP contribution in [0.5, 0.6) is 0 Å². The molecule has 0 atom stereocenters. The predicted octanol–water partition coefficient (Wildman–Crippen LogP) is 0.508. The first-order valence-corrected chi connectivity index (χ1v) is 6.72. The second-order valence-corrected chi connectivity index (χ2v) is 4.50. The van der Waals surface area contributed by atoms with Crippen molar-refractivity contribution in [3.05, 3.63) is 36.5 Å². The third kappa shape index (κ3) is 4.24. The Labute approximate surface area is 119 Å². The van der Waals surface area contributed by atoms with Crippen LogP contribution in [0.3, 0.4) is 0 Å². The standard InChI is InChI=1S/C14H21N5O/c1-2-5-16-14(15)18-11-12-3-4-13(17-10-12)19-6-8-20-9-7-19/h2-4,10H,1,5-9,11H2,(H3,15,16,18). The predicted molar refractivity (Wildman–Crippen MR) is 80.8 cm³/mol. The molecule has 1 saturated heterocycles. The van der Waals surface area contributed by atoms with Crippen LogP contribution in [-0.2, 0) is 11.3 Å². The number of anilines is 1. The molecule has 108 valence electrons. The number of morpholine rings is 1. The zero-order valence-electron chi connectivity index (χ0n) is 11.6. The van der Waals surface area contributed by atoms with Gasteiger partial charge >= 0.3 is 0 Å². The molecule has 20 heavy (non-hydrogen) atoms. The average molecular weight is 275 g/mol. The van der Waals surface area contributed by atoms with Crippen LogP contribution in [0.15, 0.2) is 36.0 Å². The van der Waals surface area contributed by atoms with E-state index in [1.165, 1.54) is 0 Å². The highest BCUT2D eigenvalue weighted by molar-refractivity contribution is 5.77. The summed E-state index contributed by atoms with van der Waals surface area (Å²) in [5.41, 5.74) is 6.74. The van der Waals surface area contributed by atoms with Gasteiger partial charge < -0.3 is 20.7 Å². The maximum Gasteiger partial charge on any atom is 0.189 e. The van der Waals surface area contributed by atoms with Gasteiger partial charge in [-0.25, -0.2) is 9.98 Å². The summed E-state index contributed by atoms with van der Waals surface area (Å²) in [5, 5.41) is 2.93. The molecule has 1 aromatic rings. The summed E-state index contributed by atoms with van der Waals surface area (Å²) in [6.07, 6.45) is 3.58. The minimum Gasteiger partial charge on any atom is -0.378 e. The van der Waals surface area contributed by atoms with Crippen molar-refractivity contribution in [2.24, 2.45) is 10.7 Å². The lowest BCUT2D eigenvalue weighted by Crippen LogP contribution is -2.36. The summed E-state index contributed by atoms with van der Waals surface area (Å²) in [6.45, 7) is 8.05. The second kappa shape index (κ2) is 7.49. The van der Waals surface area contributed by atoms with Crippen LogP contribution >= 0.6 is 0 Å². The summed E-state index contributed by atoms with van der Waals surface area (Å²) in [4.78, 5) is 10.9. The smallest absolute Gasteiger partial charge is 0.189 e. The summed E-state index contributed by atoms with van der Waals surface area (Å²) in [7, 11) is 0. The van der Waals surface area contributed by atoms with Gasteiger partial charge in [0.1, 0.15) is 5.82 Å². The molecule has 3 N–H and O–H groups in total. The van der Waals surface area contributed by atoms with Gasteiger partial charge in [0.2, 0.25) is 0 Å². The molecular weight excluding hydrogens is 254 g/mol.